The normalized spacial score (nSPS) is 11.1. The van der Waals surface area contributed by atoms with E-state index in [9.17, 15) is 10.0 Å². The van der Waals surface area contributed by atoms with Crippen molar-refractivity contribution in [3.05, 3.63) is 52.4 Å². The molecule has 26 heavy (non-hydrogen) atoms. The number of nitroso groups, excluding NO2 is 1. The van der Waals surface area contributed by atoms with Crippen LogP contribution in [0, 0.1) is 11.8 Å². The fraction of sp³-hybridized carbons (Fsp3) is 0.300. The summed E-state index contributed by atoms with van der Waals surface area (Å²) in [6, 6.07) is 11.2. The van der Waals surface area contributed by atoms with Crippen LogP contribution in [0.3, 0.4) is 0 Å². The third-order valence-corrected chi connectivity index (χ3v) is 4.25. The van der Waals surface area contributed by atoms with E-state index < -0.39 is 0 Å². The van der Waals surface area contributed by atoms with Crippen molar-refractivity contribution in [1.82, 2.24) is 4.57 Å². The molecule has 1 aromatic heterocycles. The molecule has 0 atom stereocenters. The number of methoxy groups -OCH3 is 1. The van der Waals surface area contributed by atoms with Crippen molar-refractivity contribution in [2.75, 3.05) is 7.11 Å². The van der Waals surface area contributed by atoms with Crippen LogP contribution in [0.1, 0.15) is 25.0 Å². The van der Waals surface area contributed by atoms with Crippen LogP contribution in [0.15, 0.2) is 41.6 Å². The summed E-state index contributed by atoms with van der Waals surface area (Å²) in [6.45, 7) is 6.22. The van der Waals surface area contributed by atoms with Crippen molar-refractivity contribution < 1.29 is 14.6 Å². The SMILES string of the molecule is COc1cc(Cn2c(O)c(N=O)c3cccc(C)c32)ccc1OC(C)C. The molecular formula is C20H22N2O4. The lowest BCUT2D eigenvalue weighted by Gasteiger charge is -2.15. The van der Waals surface area contributed by atoms with E-state index in [1.165, 1.54) is 0 Å². The molecule has 3 rings (SSSR count). The molecule has 0 aliphatic carbocycles. The summed E-state index contributed by atoms with van der Waals surface area (Å²) in [5.74, 6) is 1.16. The molecule has 2 aromatic carbocycles. The first kappa shape index (κ1) is 17.8. The van der Waals surface area contributed by atoms with Gasteiger partial charge >= 0.3 is 0 Å². The van der Waals surface area contributed by atoms with Gasteiger partial charge in [0.1, 0.15) is 0 Å². The molecule has 0 aliphatic rings. The molecule has 1 N–H and O–H groups in total. The highest BCUT2D eigenvalue weighted by molar-refractivity contribution is 5.96. The third kappa shape index (κ3) is 3.10. The highest BCUT2D eigenvalue weighted by atomic mass is 16.5. The smallest absolute Gasteiger partial charge is 0.222 e. The molecule has 1 heterocycles. The van der Waals surface area contributed by atoms with Crippen LogP contribution in [-0.4, -0.2) is 22.9 Å². The van der Waals surface area contributed by atoms with Crippen LogP contribution in [0.4, 0.5) is 5.69 Å². The van der Waals surface area contributed by atoms with Gasteiger partial charge in [-0.15, -0.1) is 4.91 Å². The Hall–Kier alpha value is -3.02. The summed E-state index contributed by atoms with van der Waals surface area (Å²) in [4.78, 5) is 11.2. The van der Waals surface area contributed by atoms with Gasteiger partial charge in [0.2, 0.25) is 5.88 Å². The fourth-order valence-corrected chi connectivity index (χ4v) is 3.15. The molecule has 0 amide bonds. The first-order valence-corrected chi connectivity index (χ1v) is 8.44. The molecule has 6 nitrogen and oxygen atoms in total. The average Bonchev–Trinajstić information content (AvgIpc) is 2.88. The van der Waals surface area contributed by atoms with Crippen molar-refractivity contribution in [2.24, 2.45) is 5.18 Å². The van der Waals surface area contributed by atoms with E-state index >= 15 is 0 Å². The van der Waals surface area contributed by atoms with Crippen LogP contribution in [0.25, 0.3) is 10.9 Å². The number of rotatable bonds is 6. The van der Waals surface area contributed by atoms with E-state index in [4.69, 9.17) is 9.47 Å². The van der Waals surface area contributed by atoms with Crippen LogP contribution in [0.5, 0.6) is 17.4 Å². The molecule has 0 unspecified atom stereocenters. The van der Waals surface area contributed by atoms with Crippen molar-refractivity contribution >= 4 is 16.6 Å². The number of fused-ring (bicyclic) bond motifs is 1. The summed E-state index contributed by atoms with van der Waals surface area (Å²) >= 11 is 0. The summed E-state index contributed by atoms with van der Waals surface area (Å²) in [5, 5.41) is 14.2. The minimum absolute atomic E-state index is 0.0380. The number of benzene rings is 2. The zero-order valence-corrected chi connectivity index (χ0v) is 15.3. The lowest BCUT2D eigenvalue weighted by atomic mass is 10.1. The van der Waals surface area contributed by atoms with Gasteiger partial charge in [-0.25, -0.2) is 0 Å². The number of hydrogen-bond acceptors (Lipinski definition) is 5. The van der Waals surface area contributed by atoms with Crippen molar-refractivity contribution in [3.63, 3.8) is 0 Å². The quantitative estimate of drug-likeness (QED) is 0.639. The van der Waals surface area contributed by atoms with Crippen LogP contribution in [0.2, 0.25) is 0 Å². The average molecular weight is 354 g/mol. The second kappa shape index (κ2) is 7.07. The number of nitrogens with zero attached hydrogens (tertiary/aromatic N) is 2. The zero-order chi connectivity index (χ0) is 18.8. The maximum Gasteiger partial charge on any atom is 0.222 e. The number of aromatic nitrogens is 1. The number of ether oxygens (including phenoxy) is 2. The molecule has 0 fully saturated rings. The summed E-state index contributed by atoms with van der Waals surface area (Å²) < 4.78 is 12.9. The molecule has 0 aliphatic heterocycles. The standard InChI is InChI=1S/C20H22N2O4/c1-12(2)26-16-9-8-14(10-17(16)25-4)11-22-19-13(3)6-5-7-15(19)18(21-24)20(22)23/h5-10,12,23H,11H2,1-4H3. The Morgan fingerprint density at radius 3 is 2.62 bits per heavy atom. The van der Waals surface area contributed by atoms with Crippen LogP contribution >= 0.6 is 0 Å². The first-order chi connectivity index (χ1) is 12.5. The van der Waals surface area contributed by atoms with E-state index in [0.717, 1.165) is 16.6 Å². The predicted molar refractivity (Wildman–Crippen MR) is 102 cm³/mol. The Morgan fingerprint density at radius 1 is 1.19 bits per heavy atom. The highest BCUT2D eigenvalue weighted by Crippen LogP contribution is 2.40. The van der Waals surface area contributed by atoms with Gasteiger partial charge in [-0.2, -0.15) is 0 Å². The summed E-state index contributed by atoms with van der Waals surface area (Å²) in [6.07, 6.45) is 0.0380. The molecule has 0 saturated heterocycles. The second-order valence-corrected chi connectivity index (χ2v) is 6.47. The molecule has 136 valence electrons. The first-order valence-electron chi connectivity index (χ1n) is 8.44. The van der Waals surface area contributed by atoms with E-state index in [0.29, 0.717) is 23.4 Å². The second-order valence-electron chi connectivity index (χ2n) is 6.47. The fourth-order valence-electron chi connectivity index (χ4n) is 3.15. The monoisotopic (exact) mass is 354 g/mol. The van der Waals surface area contributed by atoms with E-state index in [1.54, 1.807) is 17.7 Å². The molecule has 0 spiro atoms. The van der Waals surface area contributed by atoms with Crippen molar-refractivity contribution in [2.45, 2.75) is 33.4 Å². The highest BCUT2D eigenvalue weighted by Gasteiger charge is 2.19. The lowest BCUT2D eigenvalue weighted by molar-refractivity contribution is 0.230. The van der Waals surface area contributed by atoms with Gasteiger partial charge in [0.25, 0.3) is 0 Å². The number of aryl methyl sites for hydroxylation is 1. The van der Waals surface area contributed by atoms with Gasteiger partial charge in [0.15, 0.2) is 17.2 Å². The summed E-state index contributed by atoms with van der Waals surface area (Å²) in [5.41, 5.74) is 2.72. The summed E-state index contributed by atoms with van der Waals surface area (Å²) in [7, 11) is 1.59. The molecule has 0 bridgehead atoms. The Kier molecular flexibility index (Phi) is 4.84. The maximum absolute atomic E-state index is 11.2. The number of aromatic hydroxyl groups is 1. The van der Waals surface area contributed by atoms with Crippen molar-refractivity contribution in [1.29, 1.82) is 0 Å². The van der Waals surface area contributed by atoms with Crippen molar-refractivity contribution in [3.8, 4) is 17.4 Å². The Bertz CT molecular complexity index is 960. The number of hydrogen-bond donors (Lipinski definition) is 1. The van der Waals surface area contributed by atoms with E-state index in [-0.39, 0.29) is 17.7 Å². The molecule has 3 aromatic rings. The Morgan fingerprint density at radius 2 is 1.96 bits per heavy atom. The van der Waals surface area contributed by atoms with Gasteiger partial charge in [0.05, 0.1) is 25.3 Å². The van der Waals surface area contributed by atoms with E-state index in [2.05, 4.69) is 5.18 Å². The van der Waals surface area contributed by atoms with Gasteiger partial charge < -0.3 is 19.1 Å². The Balaban J connectivity index is 2.07. The third-order valence-electron chi connectivity index (χ3n) is 4.25. The van der Waals surface area contributed by atoms with Gasteiger partial charge in [-0.1, -0.05) is 24.3 Å². The zero-order valence-electron chi connectivity index (χ0n) is 15.3. The largest absolute Gasteiger partial charge is 0.493 e. The molecule has 0 radical (unpaired) electrons. The van der Waals surface area contributed by atoms with Gasteiger partial charge in [-0.05, 0) is 49.2 Å². The minimum Gasteiger partial charge on any atom is -0.493 e. The minimum atomic E-state index is -0.134. The molecule has 0 saturated carbocycles. The Labute approximate surface area is 151 Å². The maximum atomic E-state index is 11.2. The predicted octanol–water partition coefficient (Wildman–Crippen LogP) is 4.90. The number of para-hydroxylation sites is 1. The lowest BCUT2D eigenvalue weighted by Crippen LogP contribution is -2.07. The topological polar surface area (TPSA) is 73.0 Å². The van der Waals surface area contributed by atoms with Crippen LogP contribution < -0.4 is 9.47 Å². The van der Waals surface area contributed by atoms with Crippen LogP contribution in [-0.2, 0) is 6.54 Å². The van der Waals surface area contributed by atoms with E-state index in [1.807, 2.05) is 51.1 Å². The molecule has 6 heteroatoms. The van der Waals surface area contributed by atoms with Gasteiger partial charge in [0, 0.05) is 5.39 Å². The van der Waals surface area contributed by atoms with Gasteiger partial charge in [-0.3, -0.25) is 0 Å². The molecular weight excluding hydrogens is 332 g/mol.